The number of benzene rings is 1. The summed E-state index contributed by atoms with van der Waals surface area (Å²) in [7, 11) is 2.22. The van der Waals surface area contributed by atoms with Gasteiger partial charge in [0.15, 0.2) is 0 Å². The molecule has 0 bridgehead atoms. The summed E-state index contributed by atoms with van der Waals surface area (Å²) in [6.45, 7) is 0.603. The van der Waals surface area contributed by atoms with Crippen LogP contribution in [0.3, 0.4) is 0 Å². The summed E-state index contributed by atoms with van der Waals surface area (Å²) >= 11 is 3.68. The molecule has 0 heterocycles. The maximum atomic E-state index is 5.67. The zero-order valence-electron chi connectivity index (χ0n) is 11.2. The molecule has 0 spiro atoms. The number of nitrogens with two attached hydrogens (primary N) is 1. The van der Waals surface area contributed by atoms with Gasteiger partial charge in [-0.2, -0.15) is 0 Å². The lowest BCUT2D eigenvalue weighted by Gasteiger charge is -2.30. The maximum absolute atomic E-state index is 5.67. The van der Waals surface area contributed by atoms with Gasteiger partial charge in [0.05, 0.1) is 5.69 Å². The molecule has 0 amide bonds. The molecule has 1 saturated carbocycles. The second-order valence-electron chi connectivity index (χ2n) is 5.25. The number of hydrogen-bond acceptors (Lipinski definition) is 2. The van der Waals surface area contributed by atoms with Gasteiger partial charge in [0, 0.05) is 24.1 Å². The van der Waals surface area contributed by atoms with Crippen molar-refractivity contribution in [1.29, 1.82) is 0 Å². The fourth-order valence-electron chi connectivity index (χ4n) is 2.81. The Labute approximate surface area is 119 Å². The molecule has 0 radical (unpaired) electrons. The fourth-order valence-corrected chi connectivity index (χ4v) is 3.51. The Balaban J connectivity index is 2.14. The summed E-state index contributed by atoms with van der Waals surface area (Å²) in [5, 5.41) is 0. The van der Waals surface area contributed by atoms with E-state index in [-0.39, 0.29) is 0 Å². The second-order valence-corrected chi connectivity index (χ2v) is 6.10. The van der Waals surface area contributed by atoms with Gasteiger partial charge in [-0.1, -0.05) is 31.7 Å². The molecule has 1 aromatic rings. The van der Waals surface area contributed by atoms with Gasteiger partial charge in [0.2, 0.25) is 0 Å². The van der Waals surface area contributed by atoms with Crippen molar-refractivity contribution in [2.75, 3.05) is 11.9 Å². The quantitative estimate of drug-likeness (QED) is 0.853. The summed E-state index contributed by atoms with van der Waals surface area (Å²) in [6, 6.07) is 7.15. The molecule has 1 fully saturated rings. The normalized spacial score (nSPS) is 17.5. The highest BCUT2D eigenvalue weighted by molar-refractivity contribution is 9.10. The Morgan fingerprint density at radius 2 is 1.89 bits per heavy atom. The monoisotopic (exact) mass is 310 g/mol. The second kappa shape index (κ2) is 6.58. The van der Waals surface area contributed by atoms with Gasteiger partial charge in [-0.05, 0) is 46.5 Å². The van der Waals surface area contributed by atoms with E-state index in [9.17, 15) is 0 Å². The Morgan fingerprint density at radius 1 is 1.22 bits per heavy atom. The van der Waals surface area contributed by atoms with Gasteiger partial charge in [0.25, 0.3) is 0 Å². The van der Waals surface area contributed by atoms with Crippen molar-refractivity contribution in [1.82, 2.24) is 0 Å². The Hall–Kier alpha value is -0.540. The van der Waals surface area contributed by atoms with E-state index in [1.54, 1.807) is 0 Å². The summed E-state index contributed by atoms with van der Waals surface area (Å²) < 4.78 is 1.16. The predicted molar refractivity (Wildman–Crippen MR) is 81.9 cm³/mol. The molecular weight excluding hydrogens is 288 g/mol. The summed E-state index contributed by atoms with van der Waals surface area (Å²) in [5.74, 6) is 0. The molecule has 3 heteroatoms. The molecule has 18 heavy (non-hydrogen) atoms. The zero-order chi connectivity index (χ0) is 13.0. The third-order valence-corrected chi connectivity index (χ3v) is 4.64. The van der Waals surface area contributed by atoms with E-state index in [0.717, 1.165) is 4.47 Å². The van der Waals surface area contributed by atoms with Crippen LogP contribution in [-0.4, -0.2) is 13.1 Å². The Morgan fingerprint density at radius 3 is 2.44 bits per heavy atom. The third kappa shape index (κ3) is 3.27. The van der Waals surface area contributed by atoms with E-state index >= 15 is 0 Å². The van der Waals surface area contributed by atoms with Crippen LogP contribution >= 0.6 is 15.9 Å². The van der Waals surface area contributed by atoms with Crippen molar-refractivity contribution in [3.63, 3.8) is 0 Å². The molecule has 1 aromatic carbocycles. The minimum Gasteiger partial charge on any atom is -0.371 e. The summed E-state index contributed by atoms with van der Waals surface area (Å²) in [4.78, 5) is 2.44. The smallest absolute Gasteiger partial charge is 0.0510 e. The van der Waals surface area contributed by atoms with Crippen LogP contribution in [0, 0.1) is 0 Å². The topological polar surface area (TPSA) is 29.3 Å². The molecule has 2 rings (SSSR count). The van der Waals surface area contributed by atoms with E-state index < -0.39 is 0 Å². The molecule has 0 atom stereocenters. The fraction of sp³-hybridized carbons (Fsp3) is 0.600. The zero-order valence-corrected chi connectivity index (χ0v) is 12.7. The SMILES string of the molecule is CN(c1ccc(CN)cc1Br)C1CCCCCC1. The van der Waals surface area contributed by atoms with Gasteiger partial charge in [-0.25, -0.2) is 0 Å². The summed E-state index contributed by atoms with van der Waals surface area (Å²) in [6.07, 6.45) is 8.18. The first-order valence-corrected chi connectivity index (χ1v) is 7.73. The first-order chi connectivity index (χ1) is 8.72. The molecule has 0 unspecified atom stereocenters. The standard InChI is InChI=1S/C15H23BrN2/c1-18(13-6-4-2-3-5-7-13)15-9-8-12(11-17)10-14(15)16/h8-10,13H,2-7,11,17H2,1H3. The van der Waals surface area contributed by atoms with Crippen LogP contribution in [0.2, 0.25) is 0 Å². The number of rotatable bonds is 3. The van der Waals surface area contributed by atoms with E-state index in [4.69, 9.17) is 5.73 Å². The molecular formula is C15H23BrN2. The van der Waals surface area contributed by atoms with E-state index in [1.165, 1.54) is 49.8 Å². The largest absolute Gasteiger partial charge is 0.371 e. The molecule has 0 saturated heterocycles. The molecule has 0 aliphatic heterocycles. The Bertz CT molecular complexity index is 384. The van der Waals surface area contributed by atoms with Crippen molar-refractivity contribution < 1.29 is 0 Å². The minimum atomic E-state index is 0.603. The van der Waals surface area contributed by atoms with Crippen LogP contribution in [-0.2, 0) is 6.54 Å². The maximum Gasteiger partial charge on any atom is 0.0510 e. The predicted octanol–water partition coefficient (Wildman–Crippen LogP) is 4.07. The average molecular weight is 311 g/mol. The van der Waals surface area contributed by atoms with E-state index in [2.05, 4.69) is 46.1 Å². The highest BCUT2D eigenvalue weighted by atomic mass is 79.9. The van der Waals surface area contributed by atoms with Crippen molar-refractivity contribution in [2.24, 2.45) is 5.73 Å². The van der Waals surface area contributed by atoms with Crippen molar-refractivity contribution in [2.45, 2.75) is 51.1 Å². The third-order valence-electron chi connectivity index (χ3n) is 4.00. The van der Waals surface area contributed by atoms with E-state index in [0.29, 0.717) is 12.6 Å². The highest BCUT2D eigenvalue weighted by Crippen LogP contribution is 2.31. The number of anilines is 1. The summed E-state index contributed by atoms with van der Waals surface area (Å²) in [5.41, 5.74) is 8.15. The lowest BCUT2D eigenvalue weighted by atomic mass is 10.1. The van der Waals surface area contributed by atoms with Gasteiger partial charge in [0.1, 0.15) is 0 Å². The van der Waals surface area contributed by atoms with Crippen LogP contribution in [0.5, 0.6) is 0 Å². The van der Waals surface area contributed by atoms with Gasteiger partial charge < -0.3 is 10.6 Å². The van der Waals surface area contributed by atoms with Crippen molar-refractivity contribution >= 4 is 21.6 Å². The highest BCUT2D eigenvalue weighted by Gasteiger charge is 2.18. The van der Waals surface area contributed by atoms with Crippen LogP contribution < -0.4 is 10.6 Å². The average Bonchev–Trinajstić information content (AvgIpc) is 2.66. The minimum absolute atomic E-state index is 0.603. The number of hydrogen-bond donors (Lipinski definition) is 1. The Kier molecular flexibility index (Phi) is 5.07. The molecule has 100 valence electrons. The lowest BCUT2D eigenvalue weighted by Crippen LogP contribution is -2.31. The number of halogens is 1. The van der Waals surface area contributed by atoms with Crippen LogP contribution in [0.15, 0.2) is 22.7 Å². The van der Waals surface area contributed by atoms with Crippen LogP contribution in [0.1, 0.15) is 44.1 Å². The molecule has 1 aliphatic rings. The van der Waals surface area contributed by atoms with Gasteiger partial charge in [-0.3, -0.25) is 0 Å². The van der Waals surface area contributed by atoms with Gasteiger partial charge >= 0.3 is 0 Å². The van der Waals surface area contributed by atoms with E-state index in [1.807, 2.05) is 0 Å². The lowest BCUT2D eigenvalue weighted by molar-refractivity contribution is 0.552. The first-order valence-electron chi connectivity index (χ1n) is 6.93. The number of nitrogens with zero attached hydrogens (tertiary/aromatic N) is 1. The molecule has 2 nitrogen and oxygen atoms in total. The van der Waals surface area contributed by atoms with Crippen molar-refractivity contribution in [3.05, 3.63) is 28.2 Å². The first kappa shape index (κ1) is 13.9. The molecule has 0 aromatic heterocycles. The van der Waals surface area contributed by atoms with Crippen molar-refractivity contribution in [3.8, 4) is 0 Å². The molecule has 1 aliphatic carbocycles. The molecule has 2 N–H and O–H groups in total. The van der Waals surface area contributed by atoms with Gasteiger partial charge in [-0.15, -0.1) is 0 Å². The van der Waals surface area contributed by atoms with Crippen LogP contribution in [0.4, 0.5) is 5.69 Å². The van der Waals surface area contributed by atoms with Crippen LogP contribution in [0.25, 0.3) is 0 Å².